The first-order valence-corrected chi connectivity index (χ1v) is 4.35. The number of nitrogens with zero attached hydrogens (tertiary/aromatic N) is 1. The van der Waals surface area contributed by atoms with Crippen molar-refractivity contribution >= 4 is 0 Å². The number of likely N-dealkylation sites (N-methyl/N-ethyl adjacent to an activating group) is 1. The fraction of sp³-hybridized carbons (Fsp3) is 1.00. The minimum absolute atomic E-state index is 0.272. The predicted molar refractivity (Wildman–Crippen MR) is 45.6 cm³/mol. The van der Waals surface area contributed by atoms with Crippen molar-refractivity contribution < 1.29 is 5.11 Å². The summed E-state index contributed by atoms with van der Waals surface area (Å²) in [7, 11) is 2.05. The van der Waals surface area contributed by atoms with Gasteiger partial charge in [-0.3, -0.25) is 0 Å². The minimum Gasteiger partial charge on any atom is -0.395 e. The van der Waals surface area contributed by atoms with E-state index in [9.17, 15) is 0 Å². The molecule has 1 saturated heterocycles. The summed E-state index contributed by atoms with van der Waals surface area (Å²) in [5.74, 6) is 0. The molecule has 0 aromatic rings. The molecule has 1 fully saturated rings. The van der Waals surface area contributed by atoms with Crippen LogP contribution in [0.2, 0.25) is 0 Å². The van der Waals surface area contributed by atoms with Crippen molar-refractivity contribution in [2.45, 2.75) is 18.9 Å². The molecule has 0 radical (unpaired) electrons. The van der Waals surface area contributed by atoms with Gasteiger partial charge in [0.25, 0.3) is 0 Å². The van der Waals surface area contributed by atoms with Gasteiger partial charge in [0.1, 0.15) is 0 Å². The predicted octanol–water partition coefficient (Wildman–Crippen LogP) is -0.338. The van der Waals surface area contributed by atoms with E-state index < -0.39 is 0 Å². The molecule has 1 aliphatic rings. The van der Waals surface area contributed by atoms with Crippen molar-refractivity contribution in [3.05, 3.63) is 0 Å². The van der Waals surface area contributed by atoms with Gasteiger partial charge >= 0.3 is 0 Å². The molecule has 1 aliphatic heterocycles. The van der Waals surface area contributed by atoms with Crippen molar-refractivity contribution in [3.8, 4) is 0 Å². The Labute approximate surface area is 68.4 Å². The molecule has 0 aromatic heterocycles. The van der Waals surface area contributed by atoms with E-state index >= 15 is 0 Å². The first kappa shape index (κ1) is 8.97. The molecule has 3 heteroatoms. The standard InChI is InChI=1S/C8H18N2O/c1-10(6-7-11)5-3-8-2-4-9-8/h8-9,11H,2-7H2,1H3. The van der Waals surface area contributed by atoms with Gasteiger partial charge < -0.3 is 15.3 Å². The summed E-state index contributed by atoms with van der Waals surface area (Å²) in [6.07, 6.45) is 2.55. The van der Waals surface area contributed by atoms with Crippen molar-refractivity contribution in [3.63, 3.8) is 0 Å². The lowest BCUT2D eigenvalue weighted by atomic mass is 10.0. The first-order valence-electron chi connectivity index (χ1n) is 4.35. The Morgan fingerprint density at radius 1 is 1.55 bits per heavy atom. The van der Waals surface area contributed by atoms with Gasteiger partial charge in [-0.05, 0) is 33.0 Å². The van der Waals surface area contributed by atoms with Gasteiger partial charge in [0.05, 0.1) is 6.61 Å². The maximum atomic E-state index is 8.62. The van der Waals surface area contributed by atoms with Gasteiger partial charge in [-0.25, -0.2) is 0 Å². The molecular weight excluding hydrogens is 140 g/mol. The molecule has 0 spiro atoms. The molecule has 1 unspecified atom stereocenters. The van der Waals surface area contributed by atoms with Crippen LogP contribution in [-0.4, -0.2) is 49.3 Å². The third kappa shape index (κ3) is 3.18. The van der Waals surface area contributed by atoms with Gasteiger partial charge in [-0.1, -0.05) is 0 Å². The van der Waals surface area contributed by atoms with E-state index in [4.69, 9.17) is 5.11 Å². The van der Waals surface area contributed by atoms with Crippen LogP contribution in [0.5, 0.6) is 0 Å². The Morgan fingerprint density at radius 2 is 2.27 bits per heavy atom. The zero-order valence-corrected chi connectivity index (χ0v) is 7.21. The fourth-order valence-corrected chi connectivity index (χ4v) is 1.25. The van der Waals surface area contributed by atoms with Crippen LogP contribution in [0.3, 0.4) is 0 Å². The van der Waals surface area contributed by atoms with E-state index in [1.165, 1.54) is 19.4 Å². The van der Waals surface area contributed by atoms with Gasteiger partial charge in [0.15, 0.2) is 0 Å². The highest BCUT2D eigenvalue weighted by Gasteiger charge is 2.15. The van der Waals surface area contributed by atoms with Crippen LogP contribution in [0.1, 0.15) is 12.8 Å². The molecule has 0 aliphatic carbocycles. The average molecular weight is 158 g/mol. The van der Waals surface area contributed by atoms with Crippen LogP contribution in [-0.2, 0) is 0 Å². The molecule has 1 rings (SSSR count). The van der Waals surface area contributed by atoms with E-state index in [1.54, 1.807) is 0 Å². The van der Waals surface area contributed by atoms with E-state index in [0.29, 0.717) is 0 Å². The second kappa shape index (κ2) is 4.70. The van der Waals surface area contributed by atoms with Crippen LogP contribution in [0.4, 0.5) is 0 Å². The Morgan fingerprint density at radius 3 is 2.73 bits per heavy atom. The second-order valence-corrected chi connectivity index (χ2v) is 3.26. The van der Waals surface area contributed by atoms with Gasteiger partial charge in [-0.15, -0.1) is 0 Å². The van der Waals surface area contributed by atoms with Crippen LogP contribution < -0.4 is 5.32 Å². The zero-order chi connectivity index (χ0) is 8.10. The zero-order valence-electron chi connectivity index (χ0n) is 7.21. The highest BCUT2D eigenvalue weighted by Crippen LogP contribution is 2.06. The third-order valence-electron chi connectivity index (χ3n) is 2.27. The number of rotatable bonds is 5. The lowest BCUT2D eigenvalue weighted by Gasteiger charge is -2.29. The Bertz CT molecular complexity index is 104. The van der Waals surface area contributed by atoms with Gasteiger partial charge in [0, 0.05) is 12.6 Å². The van der Waals surface area contributed by atoms with Crippen LogP contribution in [0.25, 0.3) is 0 Å². The second-order valence-electron chi connectivity index (χ2n) is 3.26. The van der Waals surface area contributed by atoms with Crippen molar-refractivity contribution in [2.24, 2.45) is 0 Å². The molecule has 2 N–H and O–H groups in total. The SMILES string of the molecule is CN(CCO)CCC1CCN1. The van der Waals surface area contributed by atoms with Crippen LogP contribution in [0.15, 0.2) is 0 Å². The lowest BCUT2D eigenvalue weighted by molar-refractivity contribution is 0.207. The molecule has 0 amide bonds. The van der Waals surface area contributed by atoms with E-state index in [2.05, 4.69) is 17.3 Å². The molecule has 1 atom stereocenters. The summed E-state index contributed by atoms with van der Waals surface area (Å²) in [5, 5.41) is 12.0. The summed E-state index contributed by atoms with van der Waals surface area (Å²) in [6.45, 7) is 3.36. The number of hydrogen-bond donors (Lipinski definition) is 2. The highest BCUT2D eigenvalue weighted by atomic mass is 16.3. The molecule has 0 bridgehead atoms. The summed E-state index contributed by atoms with van der Waals surface area (Å²) < 4.78 is 0. The maximum Gasteiger partial charge on any atom is 0.0558 e. The quantitative estimate of drug-likeness (QED) is 0.575. The van der Waals surface area contributed by atoms with E-state index in [1.807, 2.05) is 0 Å². The maximum absolute atomic E-state index is 8.62. The van der Waals surface area contributed by atoms with E-state index in [0.717, 1.165) is 19.1 Å². The Balaban J connectivity index is 1.92. The monoisotopic (exact) mass is 158 g/mol. The van der Waals surface area contributed by atoms with Crippen LogP contribution in [0, 0.1) is 0 Å². The van der Waals surface area contributed by atoms with Crippen LogP contribution >= 0.6 is 0 Å². The molecule has 3 nitrogen and oxygen atoms in total. The van der Waals surface area contributed by atoms with Gasteiger partial charge in [0.2, 0.25) is 0 Å². The first-order chi connectivity index (χ1) is 5.33. The summed E-state index contributed by atoms with van der Waals surface area (Å²) in [4.78, 5) is 2.17. The Hall–Kier alpha value is -0.120. The van der Waals surface area contributed by atoms with Crippen molar-refractivity contribution in [1.82, 2.24) is 10.2 Å². The Kier molecular flexibility index (Phi) is 3.83. The molecular formula is C8H18N2O. The molecule has 66 valence electrons. The topological polar surface area (TPSA) is 35.5 Å². The average Bonchev–Trinajstić information content (AvgIpc) is 1.85. The number of aliphatic hydroxyl groups is 1. The van der Waals surface area contributed by atoms with Crippen molar-refractivity contribution in [2.75, 3.05) is 33.3 Å². The smallest absolute Gasteiger partial charge is 0.0558 e. The molecule has 0 aromatic carbocycles. The molecule has 1 heterocycles. The fourth-order valence-electron chi connectivity index (χ4n) is 1.25. The number of hydrogen-bond acceptors (Lipinski definition) is 3. The normalized spacial score (nSPS) is 23.7. The van der Waals surface area contributed by atoms with Gasteiger partial charge in [-0.2, -0.15) is 0 Å². The summed E-state index contributed by atoms with van der Waals surface area (Å²) in [6, 6.07) is 0.746. The lowest BCUT2D eigenvalue weighted by Crippen LogP contribution is -2.44. The molecule has 0 saturated carbocycles. The number of nitrogens with one attached hydrogen (secondary N) is 1. The minimum atomic E-state index is 0.272. The largest absolute Gasteiger partial charge is 0.395 e. The number of aliphatic hydroxyl groups excluding tert-OH is 1. The van der Waals surface area contributed by atoms with Crippen molar-refractivity contribution in [1.29, 1.82) is 0 Å². The summed E-state index contributed by atoms with van der Waals surface area (Å²) >= 11 is 0. The highest BCUT2D eigenvalue weighted by molar-refractivity contribution is 4.77. The third-order valence-corrected chi connectivity index (χ3v) is 2.27. The summed E-state index contributed by atoms with van der Waals surface area (Å²) in [5.41, 5.74) is 0. The molecule has 11 heavy (non-hydrogen) atoms. The van der Waals surface area contributed by atoms with E-state index in [-0.39, 0.29) is 6.61 Å².